The monoisotopic (exact) mass is 311 g/mol. The fourth-order valence-electron chi connectivity index (χ4n) is 2.03. The summed E-state index contributed by atoms with van der Waals surface area (Å²) in [6.45, 7) is 7.36. The van der Waals surface area contributed by atoms with E-state index in [0.29, 0.717) is 16.8 Å². The number of rotatable bonds is 3. The molecule has 0 aliphatic heterocycles. The number of carbonyl (C=O) groups excluding carboxylic acids is 2. The molecule has 2 aromatic rings. The Hall–Kier alpha value is -2.62. The lowest BCUT2D eigenvalue weighted by atomic mass is 10.0. The van der Waals surface area contributed by atoms with Crippen molar-refractivity contribution in [3.05, 3.63) is 65.2 Å². The lowest BCUT2D eigenvalue weighted by Gasteiger charge is -2.19. The van der Waals surface area contributed by atoms with Crippen molar-refractivity contribution in [1.82, 2.24) is 0 Å². The van der Waals surface area contributed by atoms with Gasteiger partial charge in [0, 0.05) is 16.8 Å². The topological polar surface area (TPSA) is 55.4 Å². The highest BCUT2D eigenvalue weighted by Gasteiger charge is 2.16. The fourth-order valence-corrected chi connectivity index (χ4v) is 2.03. The van der Waals surface area contributed by atoms with E-state index in [9.17, 15) is 9.59 Å². The number of amides is 1. The number of nitrogens with one attached hydrogen (secondary N) is 1. The molecular weight excluding hydrogens is 290 g/mol. The van der Waals surface area contributed by atoms with Gasteiger partial charge in [-0.2, -0.15) is 0 Å². The Morgan fingerprint density at radius 1 is 0.957 bits per heavy atom. The maximum atomic E-state index is 12.5. The van der Waals surface area contributed by atoms with E-state index in [0.717, 1.165) is 5.56 Å². The highest BCUT2D eigenvalue weighted by molar-refractivity contribution is 6.09. The van der Waals surface area contributed by atoms with Gasteiger partial charge in [0.1, 0.15) is 5.60 Å². The van der Waals surface area contributed by atoms with E-state index in [-0.39, 0.29) is 5.78 Å². The van der Waals surface area contributed by atoms with E-state index in [1.165, 1.54) is 0 Å². The number of ketones is 1. The van der Waals surface area contributed by atoms with E-state index in [4.69, 9.17) is 4.74 Å². The summed E-state index contributed by atoms with van der Waals surface area (Å²) in [5.74, 6) is -0.0853. The molecule has 0 atom stereocenters. The Balaban J connectivity index is 2.15. The van der Waals surface area contributed by atoms with Crippen molar-refractivity contribution in [2.75, 3.05) is 5.32 Å². The molecular formula is C19H21NO3. The van der Waals surface area contributed by atoms with Gasteiger partial charge in [-0.3, -0.25) is 10.1 Å². The Labute approximate surface area is 136 Å². The second-order valence-corrected chi connectivity index (χ2v) is 6.40. The van der Waals surface area contributed by atoms with Crippen molar-refractivity contribution in [3.8, 4) is 0 Å². The molecule has 1 N–H and O–H groups in total. The van der Waals surface area contributed by atoms with E-state index in [1.807, 2.05) is 19.1 Å². The molecule has 0 unspecified atom stereocenters. The summed E-state index contributed by atoms with van der Waals surface area (Å²) >= 11 is 0. The first kappa shape index (κ1) is 16.7. The van der Waals surface area contributed by atoms with Gasteiger partial charge in [0.2, 0.25) is 0 Å². The third-order valence-electron chi connectivity index (χ3n) is 3.08. The molecule has 0 spiro atoms. The van der Waals surface area contributed by atoms with Crippen LogP contribution in [-0.4, -0.2) is 17.5 Å². The molecule has 0 saturated carbocycles. The number of aryl methyl sites for hydroxylation is 1. The zero-order valence-corrected chi connectivity index (χ0v) is 13.8. The first-order valence-electron chi connectivity index (χ1n) is 7.46. The first-order chi connectivity index (χ1) is 10.7. The predicted octanol–water partition coefficient (Wildman–Crippen LogP) is 4.57. The number of ether oxygens (including phenoxy) is 1. The van der Waals surface area contributed by atoms with Crippen LogP contribution >= 0.6 is 0 Å². The smallest absolute Gasteiger partial charge is 0.412 e. The molecule has 2 rings (SSSR count). The van der Waals surface area contributed by atoms with Gasteiger partial charge >= 0.3 is 6.09 Å². The summed E-state index contributed by atoms with van der Waals surface area (Å²) in [5.41, 5.74) is 2.19. The van der Waals surface area contributed by atoms with Crippen molar-refractivity contribution in [1.29, 1.82) is 0 Å². The Morgan fingerprint density at radius 2 is 1.61 bits per heavy atom. The number of anilines is 1. The van der Waals surface area contributed by atoms with Crippen molar-refractivity contribution < 1.29 is 14.3 Å². The molecule has 0 heterocycles. The van der Waals surface area contributed by atoms with Crippen LogP contribution in [0.5, 0.6) is 0 Å². The summed E-state index contributed by atoms with van der Waals surface area (Å²) in [5, 5.41) is 2.64. The molecule has 2 aromatic carbocycles. The normalized spacial score (nSPS) is 11.0. The minimum absolute atomic E-state index is 0.0853. The van der Waals surface area contributed by atoms with Crippen LogP contribution in [0.25, 0.3) is 0 Å². The SMILES string of the molecule is Cc1ccc(C(=O)c2cccc(NC(=O)OC(C)(C)C)c2)cc1. The Bertz CT molecular complexity index is 712. The molecule has 0 radical (unpaired) electrons. The minimum atomic E-state index is -0.570. The van der Waals surface area contributed by atoms with Gasteiger partial charge in [0.15, 0.2) is 5.78 Å². The van der Waals surface area contributed by atoms with E-state index in [1.54, 1.807) is 57.2 Å². The van der Waals surface area contributed by atoms with Crippen LogP contribution in [-0.2, 0) is 4.74 Å². The third kappa shape index (κ3) is 4.95. The number of hydrogen-bond donors (Lipinski definition) is 1. The van der Waals surface area contributed by atoms with E-state index >= 15 is 0 Å². The van der Waals surface area contributed by atoms with Gasteiger partial charge in [0.05, 0.1) is 0 Å². The first-order valence-corrected chi connectivity index (χ1v) is 7.46. The Kier molecular flexibility index (Phi) is 4.84. The zero-order chi connectivity index (χ0) is 17.0. The van der Waals surface area contributed by atoms with E-state index in [2.05, 4.69) is 5.32 Å². The summed E-state index contributed by atoms with van der Waals surface area (Å²) in [4.78, 5) is 24.3. The molecule has 23 heavy (non-hydrogen) atoms. The molecule has 0 aliphatic rings. The van der Waals surface area contributed by atoms with Gasteiger partial charge in [-0.25, -0.2) is 4.79 Å². The molecule has 1 amide bonds. The average molecular weight is 311 g/mol. The van der Waals surface area contributed by atoms with Crippen LogP contribution in [0.2, 0.25) is 0 Å². The maximum Gasteiger partial charge on any atom is 0.412 e. The van der Waals surface area contributed by atoms with Gasteiger partial charge in [-0.05, 0) is 39.8 Å². The highest BCUT2D eigenvalue weighted by atomic mass is 16.6. The number of benzene rings is 2. The van der Waals surface area contributed by atoms with Crippen LogP contribution in [0.3, 0.4) is 0 Å². The van der Waals surface area contributed by atoms with Crippen LogP contribution in [0.4, 0.5) is 10.5 Å². The van der Waals surface area contributed by atoms with Crippen molar-refractivity contribution in [3.63, 3.8) is 0 Å². The fraction of sp³-hybridized carbons (Fsp3) is 0.263. The minimum Gasteiger partial charge on any atom is -0.444 e. The summed E-state index contributed by atoms with van der Waals surface area (Å²) in [6.07, 6.45) is -0.544. The predicted molar refractivity (Wildman–Crippen MR) is 90.9 cm³/mol. The van der Waals surface area contributed by atoms with Crippen LogP contribution in [0.15, 0.2) is 48.5 Å². The standard InChI is InChI=1S/C19H21NO3/c1-13-8-10-14(11-9-13)17(21)15-6-5-7-16(12-15)20-18(22)23-19(2,3)4/h5-12H,1-4H3,(H,20,22). The summed E-state index contributed by atoms with van der Waals surface area (Å²) in [7, 11) is 0. The van der Waals surface area contributed by atoms with Gasteiger partial charge in [-0.1, -0.05) is 42.0 Å². The molecule has 120 valence electrons. The van der Waals surface area contributed by atoms with Crippen molar-refractivity contribution in [2.45, 2.75) is 33.3 Å². The van der Waals surface area contributed by atoms with Crippen molar-refractivity contribution >= 4 is 17.6 Å². The molecule has 0 fully saturated rings. The molecule has 0 saturated heterocycles. The third-order valence-corrected chi connectivity index (χ3v) is 3.08. The average Bonchev–Trinajstić information content (AvgIpc) is 2.45. The molecule has 4 nitrogen and oxygen atoms in total. The van der Waals surface area contributed by atoms with Crippen LogP contribution in [0.1, 0.15) is 42.3 Å². The quantitative estimate of drug-likeness (QED) is 0.845. The second-order valence-electron chi connectivity index (χ2n) is 6.40. The maximum absolute atomic E-state index is 12.5. The lowest BCUT2D eigenvalue weighted by molar-refractivity contribution is 0.0635. The summed E-state index contributed by atoms with van der Waals surface area (Å²) < 4.78 is 5.20. The molecule has 0 bridgehead atoms. The molecule has 0 aromatic heterocycles. The molecule has 4 heteroatoms. The second kappa shape index (κ2) is 6.65. The lowest BCUT2D eigenvalue weighted by Crippen LogP contribution is -2.27. The Morgan fingerprint density at radius 3 is 2.22 bits per heavy atom. The number of carbonyl (C=O) groups is 2. The van der Waals surface area contributed by atoms with Gasteiger partial charge < -0.3 is 4.74 Å². The highest BCUT2D eigenvalue weighted by Crippen LogP contribution is 2.17. The van der Waals surface area contributed by atoms with Crippen molar-refractivity contribution in [2.24, 2.45) is 0 Å². The van der Waals surface area contributed by atoms with Gasteiger partial charge in [0.25, 0.3) is 0 Å². The number of hydrogen-bond acceptors (Lipinski definition) is 3. The molecule has 0 aliphatic carbocycles. The zero-order valence-electron chi connectivity index (χ0n) is 13.8. The summed E-state index contributed by atoms with van der Waals surface area (Å²) in [6, 6.07) is 14.2. The van der Waals surface area contributed by atoms with E-state index < -0.39 is 11.7 Å². The largest absolute Gasteiger partial charge is 0.444 e. The van der Waals surface area contributed by atoms with Crippen LogP contribution < -0.4 is 5.32 Å². The van der Waals surface area contributed by atoms with Gasteiger partial charge in [-0.15, -0.1) is 0 Å². The van der Waals surface area contributed by atoms with Crippen LogP contribution in [0, 0.1) is 6.92 Å².